The van der Waals surface area contributed by atoms with E-state index in [0.717, 1.165) is 4.88 Å². The van der Waals surface area contributed by atoms with Gasteiger partial charge in [-0.05, 0) is 23.4 Å². The molecule has 0 aliphatic rings. The first kappa shape index (κ1) is 19.0. The van der Waals surface area contributed by atoms with Gasteiger partial charge in [-0.15, -0.1) is 17.9 Å². The molecule has 0 fully saturated rings. The number of aromatic nitrogens is 2. The van der Waals surface area contributed by atoms with Crippen molar-refractivity contribution in [3.8, 4) is 0 Å². The summed E-state index contributed by atoms with van der Waals surface area (Å²) in [5, 5.41) is 7.55. The number of fused-ring (bicyclic) bond motifs is 1. The Morgan fingerprint density at radius 3 is 2.63 bits per heavy atom. The minimum Gasteiger partial charge on any atom is -0.328 e. The summed E-state index contributed by atoms with van der Waals surface area (Å²) in [4.78, 5) is 28.9. The first-order valence-electron chi connectivity index (χ1n) is 8.93. The van der Waals surface area contributed by atoms with Gasteiger partial charge in [0.2, 0.25) is 0 Å². The van der Waals surface area contributed by atoms with Crippen LogP contribution >= 0.6 is 11.3 Å². The molecule has 0 radical (unpaired) electrons. The average Bonchev–Trinajstić information content (AvgIpc) is 3.16. The van der Waals surface area contributed by atoms with Crippen LogP contribution in [0, 0.1) is 5.92 Å². The van der Waals surface area contributed by atoms with Crippen molar-refractivity contribution in [2.24, 2.45) is 5.92 Å². The molecule has 0 N–H and O–H groups in total. The van der Waals surface area contributed by atoms with Crippen LogP contribution in [0.15, 0.2) is 59.2 Å². The maximum Gasteiger partial charge on any atom is 0.275 e. The molecular weight excluding hydrogens is 358 g/mol. The summed E-state index contributed by atoms with van der Waals surface area (Å²) < 4.78 is 1.41. The van der Waals surface area contributed by atoms with Gasteiger partial charge in [-0.2, -0.15) is 5.10 Å². The van der Waals surface area contributed by atoms with E-state index in [-0.39, 0.29) is 17.4 Å². The molecule has 0 saturated carbocycles. The van der Waals surface area contributed by atoms with E-state index in [0.29, 0.717) is 36.1 Å². The molecule has 3 rings (SSSR count). The Morgan fingerprint density at radius 2 is 2.00 bits per heavy atom. The lowest BCUT2D eigenvalue weighted by Gasteiger charge is -2.21. The maximum absolute atomic E-state index is 13.3. The van der Waals surface area contributed by atoms with Crippen LogP contribution in [0.1, 0.15) is 29.2 Å². The van der Waals surface area contributed by atoms with Crippen molar-refractivity contribution in [1.82, 2.24) is 14.7 Å². The Labute approximate surface area is 162 Å². The number of nitrogens with zero attached hydrogens (tertiary/aromatic N) is 3. The van der Waals surface area contributed by atoms with Crippen LogP contribution in [0.5, 0.6) is 0 Å². The van der Waals surface area contributed by atoms with Gasteiger partial charge in [0.05, 0.1) is 11.9 Å². The molecule has 0 spiro atoms. The third-order valence-corrected chi connectivity index (χ3v) is 5.03. The van der Waals surface area contributed by atoms with Crippen molar-refractivity contribution in [3.05, 3.63) is 75.4 Å². The van der Waals surface area contributed by atoms with Gasteiger partial charge in [-0.1, -0.05) is 44.2 Å². The van der Waals surface area contributed by atoms with Gasteiger partial charge in [-0.3, -0.25) is 9.59 Å². The lowest BCUT2D eigenvalue weighted by atomic mass is 10.1. The zero-order valence-electron chi connectivity index (χ0n) is 15.6. The zero-order valence-corrected chi connectivity index (χ0v) is 16.4. The predicted molar refractivity (Wildman–Crippen MR) is 110 cm³/mol. The van der Waals surface area contributed by atoms with Gasteiger partial charge < -0.3 is 4.90 Å². The van der Waals surface area contributed by atoms with Crippen molar-refractivity contribution in [2.45, 2.75) is 26.9 Å². The van der Waals surface area contributed by atoms with E-state index in [1.165, 1.54) is 4.68 Å². The first-order chi connectivity index (χ1) is 13.0. The van der Waals surface area contributed by atoms with Gasteiger partial charge in [0, 0.05) is 23.4 Å². The minimum absolute atomic E-state index is 0.163. The van der Waals surface area contributed by atoms with E-state index < -0.39 is 0 Å². The van der Waals surface area contributed by atoms with Crippen LogP contribution in [-0.4, -0.2) is 27.1 Å². The third kappa shape index (κ3) is 4.17. The molecule has 0 aliphatic carbocycles. The normalized spacial score (nSPS) is 11.1. The Morgan fingerprint density at radius 1 is 1.26 bits per heavy atom. The van der Waals surface area contributed by atoms with Gasteiger partial charge in [0.1, 0.15) is 0 Å². The molecule has 0 unspecified atom stereocenters. The molecule has 2 heterocycles. The van der Waals surface area contributed by atoms with Gasteiger partial charge in [0.25, 0.3) is 11.5 Å². The summed E-state index contributed by atoms with van der Waals surface area (Å²) in [5.41, 5.74) is 0.147. The number of carbonyl (C=O) groups excluding carboxylic acids is 1. The topological polar surface area (TPSA) is 55.2 Å². The smallest absolute Gasteiger partial charge is 0.275 e. The van der Waals surface area contributed by atoms with Crippen LogP contribution < -0.4 is 5.56 Å². The summed E-state index contributed by atoms with van der Waals surface area (Å²) in [6.45, 7) is 9.18. The fourth-order valence-corrected chi connectivity index (χ4v) is 3.70. The molecule has 0 saturated heterocycles. The SMILES string of the molecule is C=CCN(Cc1cccs1)C(=O)c1nn(CC(C)C)c(=O)c2ccccc12. The molecule has 6 heteroatoms. The number of amides is 1. The molecule has 0 bridgehead atoms. The molecule has 0 atom stereocenters. The summed E-state index contributed by atoms with van der Waals surface area (Å²) in [5.74, 6) is 0.0479. The van der Waals surface area contributed by atoms with E-state index in [1.54, 1.807) is 34.4 Å². The van der Waals surface area contributed by atoms with Crippen LogP contribution in [0.3, 0.4) is 0 Å². The molecule has 2 aromatic heterocycles. The number of carbonyl (C=O) groups is 1. The van der Waals surface area contributed by atoms with E-state index in [4.69, 9.17) is 0 Å². The summed E-state index contributed by atoms with van der Waals surface area (Å²) >= 11 is 1.60. The monoisotopic (exact) mass is 381 g/mol. The molecule has 1 amide bonds. The number of hydrogen-bond acceptors (Lipinski definition) is 4. The van der Waals surface area contributed by atoms with Crippen molar-refractivity contribution in [2.75, 3.05) is 6.54 Å². The molecule has 3 aromatic rings. The average molecular weight is 382 g/mol. The highest BCUT2D eigenvalue weighted by Gasteiger charge is 2.22. The number of rotatable bonds is 7. The first-order valence-corrected chi connectivity index (χ1v) is 9.81. The Bertz CT molecular complexity index is 1010. The highest BCUT2D eigenvalue weighted by atomic mass is 32.1. The Kier molecular flexibility index (Phi) is 5.86. The zero-order chi connectivity index (χ0) is 19.4. The third-order valence-electron chi connectivity index (χ3n) is 4.17. The summed E-state index contributed by atoms with van der Waals surface area (Å²) in [7, 11) is 0. The van der Waals surface area contributed by atoms with Crippen molar-refractivity contribution in [3.63, 3.8) is 0 Å². The number of hydrogen-bond donors (Lipinski definition) is 0. The van der Waals surface area contributed by atoms with Crippen molar-refractivity contribution < 1.29 is 4.79 Å². The maximum atomic E-state index is 13.3. The van der Waals surface area contributed by atoms with E-state index in [2.05, 4.69) is 11.7 Å². The second-order valence-electron chi connectivity index (χ2n) is 6.83. The standard InChI is InChI=1S/C21H23N3O2S/c1-4-11-23(14-16-8-7-12-27-16)21(26)19-17-9-5-6-10-18(17)20(25)24(22-19)13-15(2)3/h4-10,12,15H,1,11,13-14H2,2-3H3. The van der Waals surface area contributed by atoms with Gasteiger partial charge >= 0.3 is 0 Å². The van der Waals surface area contributed by atoms with Crippen LogP contribution in [-0.2, 0) is 13.1 Å². The molecule has 140 valence electrons. The fourth-order valence-electron chi connectivity index (χ4n) is 2.98. The van der Waals surface area contributed by atoms with Crippen LogP contribution in [0.25, 0.3) is 10.8 Å². The Balaban J connectivity index is 2.09. The second-order valence-corrected chi connectivity index (χ2v) is 7.86. The highest BCUT2D eigenvalue weighted by Crippen LogP contribution is 2.18. The number of benzene rings is 1. The summed E-state index contributed by atoms with van der Waals surface area (Å²) in [6, 6.07) is 11.1. The van der Waals surface area contributed by atoms with E-state index in [1.807, 2.05) is 43.5 Å². The minimum atomic E-state index is -0.197. The van der Waals surface area contributed by atoms with Gasteiger partial charge in [-0.25, -0.2) is 4.68 Å². The quantitative estimate of drug-likeness (QED) is 0.583. The number of thiophene rings is 1. The largest absolute Gasteiger partial charge is 0.328 e. The molecule has 27 heavy (non-hydrogen) atoms. The van der Waals surface area contributed by atoms with E-state index in [9.17, 15) is 9.59 Å². The van der Waals surface area contributed by atoms with Crippen molar-refractivity contribution in [1.29, 1.82) is 0 Å². The van der Waals surface area contributed by atoms with Crippen LogP contribution in [0.2, 0.25) is 0 Å². The summed E-state index contributed by atoms with van der Waals surface area (Å²) in [6.07, 6.45) is 1.71. The van der Waals surface area contributed by atoms with Crippen molar-refractivity contribution >= 4 is 28.0 Å². The molecule has 0 aliphatic heterocycles. The predicted octanol–water partition coefficient (Wildman–Crippen LogP) is 3.94. The highest BCUT2D eigenvalue weighted by molar-refractivity contribution is 7.09. The lowest BCUT2D eigenvalue weighted by Crippen LogP contribution is -2.34. The Hall–Kier alpha value is -2.73. The molecular formula is C21H23N3O2S. The van der Waals surface area contributed by atoms with Gasteiger partial charge in [0.15, 0.2) is 5.69 Å². The molecule has 1 aromatic carbocycles. The molecule has 5 nitrogen and oxygen atoms in total. The lowest BCUT2D eigenvalue weighted by molar-refractivity contribution is 0.0757. The van der Waals surface area contributed by atoms with E-state index >= 15 is 0 Å². The van der Waals surface area contributed by atoms with Crippen LogP contribution in [0.4, 0.5) is 0 Å². The second kappa shape index (κ2) is 8.31. The fraction of sp³-hybridized carbons (Fsp3) is 0.286.